The molecule has 0 saturated carbocycles. The average Bonchev–Trinajstić information content (AvgIpc) is 3.14. The Morgan fingerprint density at radius 1 is 1.25 bits per heavy atom. The normalized spacial score (nSPS) is 20.2. The van der Waals surface area contributed by atoms with Crippen LogP contribution in [-0.2, 0) is 24.2 Å². The molecule has 1 fully saturated rings. The van der Waals surface area contributed by atoms with Crippen molar-refractivity contribution in [2.75, 3.05) is 24.7 Å². The highest BCUT2D eigenvalue weighted by Gasteiger charge is 2.18. The quantitative estimate of drug-likeness (QED) is 0.865. The van der Waals surface area contributed by atoms with Crippen molar-refractivity contribution in [1.29, 1.82) is 0 Å². The molecule has 0 aliphatic carbocycles. The van der Waals surface area contributed by atoms with E-state index in [2.05, 4.69) is 34.3 Å². The first-order valence-corrected chi connectivity index (χ1v) is 8.76. The fraction of sp³-hybridized carbons (Fsp3) is 0.474. The lowest BCUT2D eigenvalue weighted by molar-refractivity contribution is 0.183. The van der Waals surface area contributed by atoms with E-state index in [0.717, 1.165) is 51.3 Å². The zero-order valence-electron chi connectivity index (χ0n) is 13.9. The van der Waals surface area contributed by atoms with Crippen LogP contribution in [0.4, 0.5) is 5.69 Å². The monoisotopic (exact) mass is 325 g/mol. The van der Waals surface area contributed by atoms with Crippen LogP contribution in [0, 0.1) is 5.92 Å². The molecule has 2 aliphatic heterocycles. The first kappa shape index (κ1) is 15.4. The number of nitrogens with zero attached hydrogens (tertiary/aromatic N) is 3. The molecule has 5 nitrogen and oxygen atoms in total. The number of benzene rings is 1. The molecule has 1 atom stereocenters. The Kier molecular flexibility index (Phi) is 4.34. The van der Waals surface area contributed by atoms with Crippen molar-refractivity contribution >= 4 is 5.69 Å². The maximum absolute atomic E-state index is 12.4. The van der Waals surface area contributed by atoms with E-state index in [9.17, 15) is 4.79 Å². The largest absolute Gasteiger partial charge is 0.381 e. The molecule has 0 bridgehead atoms. The van der Waals surface area contributed by atoms with Crippen molar-refractivity contribution in [2.45, 2.75) is 32.4 Å². The summed E-state index contributed by atoms with van der Waals surface area (Å²) < 4.78 is 6.97. The van der Waals surface area contributed by atoms with Gasteiger partial charge in [-0.05, 0) is 36.3 Å². The van der Waals surface area contributed by atoms with Crippen LogP contribution in [0.2, 0.25) is 0 Å². The van der Waals surface area contributed by atoms with E-state index in [4.69, 9.17) is 4.74 Å². The van der Waals surface area contributed by atoms with Crippen molar-refractivity contribution in [1.82, 2.24) is 9.78 Å². The molecule has 2 aliphatic rings. The van der Waals surface area contributed by atoms with Gasteiger partial charge in [0.25, 0.3) is 5.56 Å². The van der Waals surface area contributed by atoms with Crippen LogP contribution in [-0.4, -0.2) is 29.5 Å². The van der Waals surface area contributed by atoms with Gasteiger partial charge < -0.3 is 9.64 Å². The van der Waals surface area contributed by atoms with Gasteiger partial charge in [0.2, 0.25) is 0 Å². The Hall–Kier alpha value is -2.14. The highest BCUT2D eigenvalue weighted by molar-refractivity contribution is 5.47. The maximum atomic E-state index is 12.4. The predicted molar refractivity (Wildman–Crippen MR) is 93.2 cm³/mol. The third-order valence-corrected chi connectivity index (χ3v) is 5.12. The van der Waals surface area contributed by atoms with Crippen molar-refractivity contribution in [3.8, 4) is 0 Å². The van der Waals surface area contributed by atoms with Crippen molar-refractivity contribution in [2.24, 2.45) is 5.92 Å². The first-order chi connectivity index (χ1) is 11.8. The van der Waals surface area contributed by atoms with Gasteiger partial charge in [0, 0.05) is 38.9 Å². The van der Waals surface area contributed by atoms with Gasteiger partial charge in [-0.15, -0.1) is 0 Å². The van der Waals surface area contributed by atoms with Gasteiger partial charge in [-0.1, -0.05) is 24.3 Å². The minimum absolute atomic E-state index is 0.00901. The summed E-state index contributed by atoms with van der Waals surface area (Å²) in [6.45, 7) is 4.13. The van der Waals surface area contributed by atoms with Crippen LogP contribution in [0.3, 0.4) is 0 Å². The summed E-state index contributed by atoms with van der Waals surface area (Å²) in [6, 6.07) is 10.2. The molecule has 24 heavy (non-hydrogen) atoms. The van der Waals surface area contributed by atoms with Crippen LogP contribution in [0.25, 0.3) is 0 Å². The van der Waals surface area contributed by atoms with E-state index in [1.807, 2.05) is 6.20 Å². The second kappa shape index (κ2) is 6.77. The molecular formula is C19H23N3O2. The smallest absolute Gasteiger partial charge is 0.268 e. The first-order valence-electron chi connectivity index (χ1n) is 8.76. The highest BCUT2D eigenvalue weighted by Crippen LogP contribution is 2.23. The van der Waals surface area contributed by atoms with E-state index in [0.29, 0.717) is 12.5 Å². The standard InChI is InChI=1S/C19H23N3O2/c23-19-11-18(12-20-22(19)9-5-15-7-10-24-14-15)21-8-6-16-3-1-2-4-17(16)13-21/h1-4,11-12,15H,5-10,13-14H2/t15-/m0/s1. The second-order valence-electron chi connectivity index (χ2n) is 6.73. The molecule has 2 aromatic rings. The van der Waals surface area contributed by atoms with Crippen LogP contribution in [0.1, 0.15) is 24.0 Å². The molecule has 0 unspecified atom stereocenters. The third kappa shape index (κ3) is 3.22. The number of hydrogen-bond donors (Lipinski definition) is 0. The number of aromatic nitrogens is 2. The van der Waals surface area contributed by atoms with Gasteiger partial charge in [0.05, 0.1) is 11.9 Å². The summed E-state index contributed by atoms with van der Waals surface area (Å²) in [5.41, 5.74) is 3.67. The van der Waals surface area contributed by atoms with E-state index < -0.39 is 0 Å². The Morgan fingerprint density at radius 3 is 2.92 bits per heavy atom. The predicted octanol–water partition coefficient (Wildman–Crippen LogP) is 2.23. The Bertz CT molecular complexity index is 765. The summed E-state index contributed by atoms with van der Waals surface area (Å²) in [4.78, 5) is 14.6. The highest BCUT2D eigenvalue weighted by atomic mass is 16.5. The second-order valence-corrected chi connectivity index (χ2v) is 6.73. The van der Waals surface area contributed by atoms with Gasteiger partial charge in [-0.2, -0.15) is 5.10 Å². The number of rotatable bonds is 4. The average molecular weight is 325 g/mol. The van der Waals surface area contributed by atoms with Gasteiger partial charge >= 0.3 is 0 Å². The van der Waals surface area contributed by atoms with Crippen LogP contribution in [0.5, 0.6) is 0 Å². The minimum Gasteiger partial charge on any atom is -0.381 e. The molecule has 5 heteroatoms. The van der Waals surface area contributed by atoms with Crippen molar-refractivity contribution < 1.29 is 4.74 Å². The molecule has 1 aromatic carbocycles. The molecular weight excluding hydrogens is 302 g/mol. The summed E-state index contributed by atoms with van der Waals surface area (Å²) >= 11 is 0. The van der Waals surface area contributed by atoms with Crippen LogP contribution >= 0.6 is 0 Å². The number of ether oxygens (including phenoxy) is 1. The van der Waals surface area contributed by atoms with Crippen LogP contribution < -0.4 is 10.5 Å². The lowest BCUT2D eigenvalue weighted by Gasteiger charge is -2.30. The molecule has 1 saturated heterocycles. The Balaban J connectivity index is 1.45. The summed E-state index contributed by atoms with van der Waals surface area (Å²) in [5, 5.41) is 4.39. The summed E-state index contributed by atoms with van der Waals surface area (Å²) in [6.07, 6.45) is 4.91. The summed E-state index contributed by atoms with van der Waals surface area (Å²) in [5.74, 6) is 0.567. The van der Waals surface area contributed by atoms with Gasteiger partial charge in [-0.3, -0.25) is 4.79 Å². The topological polar surface area (TPSA) is 47.4 Å². The molecule has 3 heterocycles. The van der Waals surface area contributed by atoms with E-state index in [-0.39, 0.29) is 5.56 Å². The molecule has 0 amide bonds. The van der Waals surface area contributed by atoms with Crippen LogP contribution in [0.15, 0.2) is 41.3 Å². The Morgan fingerprint density at radius 2 is 2.12 bits per heavy atom. The molecule has 4 rings (SSSR count). The number of fused-ring (bicyclic) bond motifs is 1. The molecule has 0 spiro atoms. The third-order valence-electron chi connectivity index (χ3n) is 5.12. The fourth-order valence-electron chi connectivity index (χ4n) is 3.60. The van der Waals surface area contributed by atoms with Gasteiger partial charge in [-0.25, -0.2) is 4.68 Å². The fourth-order valence-corrected chi connectivity index (χ4v) is 3.60. The summed E-state index contributed by atoms with van der Waals surface area (Å²) in [7, 11) is 0. The lowest BCUT2D eigenvalue weighted by atomic mass is 10.00. The lowest BCUT2D eigenvalue weighted by Crippen LogP contribution is -2.32. The zero-order valence-corrected chi connectivity index (χ0v) is 13.9. The molecule has 0 radical (unpaired) electrons. The minimum atomic E-state index is -0.00901. The van der Waals surface area contributed by atoms with E-state index in [1.54, 1.807) is 10.7 Å². The molecule has 126 valence electrons. The van der Waals surface area contributed by atoms with Gasteiger partial charge in [0.15, 0.2) is 0 Å². The van der Waals surface area contributed by atoms with E-state index >= 15 is 0 Å². The van der Waals surface area contributed by atoms with E-state index in [1.165, 1.54) is 11.1 Å². The molecule has 1 aromatic heterocycles. The van der Waals surface area contributed by atoms with Crippen molar-refractivity contribution in [3.05, 3.63) is 58.0 Å². The van der Waals surface area contributed by atoms with Gasteiger partial charge in [0.1, 0.15) is 0 Å². The Labute approximate surface area is 141 Å². The number of anilines is 1. The maximum Gasteiger partial charge on any atom is 0.268 e. The molecule has 0 N–H and O–H groups in total. The number of hydrogen-bond acceptors (Lipinski definition) is 4. The number of aryl methyl sites for hydroxylation is 1. The zero-order chi connectivity index (χ0) is 16.4. The SMILES string of the molecule is O=c1cc(N2CCc3ccccc3C2)cnn1CC[C@H]1CCOC1. The van der Waals surface area contributed by atoms with Crippen molar-refractivity contribution in [3.63, 3.8) is 0 Å².